The van der Waals surface area contributed by atoms with Gasteiger partial charge in [0.25, 0.3) is 5.91 Å². The fraction of sp³-hybridized carbons (Fsp3) is 0.429. The second-order valence-electron chi connectivity index (χ2n) is 10.2. The molecule has 2 aromatic heterocycles. The first-order chi connectivity index (χ1) is 20.5. The number of hydrogen-bond acceptors (Lipinski definition) is 8. The molecule has 43 heavy (non-hydrogen) atoms. The molecule has 15 heteroatoms. The van der Waals surface area contributed by atoms with Gasteiger partial charge in [0.15, 0.2) is 11.6 Å². The first-order valence-corrected chi connectivity index (χ1v) is 15.9. The highest BCUT2D eigenvalue weighted by Crippen LogP contribution is 2.35. The van der Waals surface area contributed by atoms with E-state index in [2.05, 4.69) is 20.4 Å². The normalized spacial score (nSPS) is 14.3. The van der Waals surface area contributed by atoms with E-state index in [-0.39, 0.29) is 44.1 Å². The van der Waals surface area contributed by atoms with Crippen LogP contribution in [0, 0.1) is 6.92 Å². The molecule has 1 fully saturated rings. The minimum atomic E-state index is -4.47. The maximum absolute atomic E-state index is 13.5. The van der Waals surface area contributed by atoms with Crippen LogP contribution in [0.25, 0.3) is 17.2 Å². The number of aromatic nitrogens is 4. The maximum atomic E-state index is 13.5. The van der Waals surface area contributed by atoms with Gasteiger partial charge in [-0.05, 0) is 25.3 Å². The van der Waals surface area contributed by atoms with Gasteiger partial charge in [-0.15, -0.1) is 0 Å². The van der Waals surface area contributed by atoms with Crippen molar-refractivity contribution in [2.24, 2.45) is 0 Å². The summed E-state index contributed by atoms with van der Waals surface area (Å²) in [6.07, 6.45) is 3.68. The molecule has 0 bridgehead atoms. The lowest BCUT2D eigenvalue weighted by Crippen LogP contribution is -2.56. The molecule has 1 aromatic carbocycles. The zero-order valence-electron chi connectivity index (χ0n) is 24.1. The first kappa shape index (κ1) is 31.8. The number of ether oxygens (including phenoxy) is 1. The quantitative estimate of drug-likeness (QED) is 0.215. The number of benzene rings is 1. The smallest absolute Gasteiger partial charge is 0.409 e. The summed E-state index contributed by atoms with van der Waals surface area (Å²) in [4.78, 5) is 70.3. The molecule has 3 heterocycles. The zero-order chi connectivity index (χ0) is 31.0. The van der Waals surface area contributed by atoms with E-state index in [1.165, 1.54) is 20.5 Å². The number of nitrogens with one attached hydrogen (secondary N) is 1. The van der Waals surface area contributed by atoms with Crippen molar-refractivity contribution in [1.29, 1.82) is 0 Å². The Morgan fingerprint density at radius 2 is 1.77 bits per heavy atom. The van der Waals surface area contributed by atoms with E-state index in [0.717, 1.165) is 18.4 Å². The average Bonchev–Trinajstić information content (AvgIpc) is 3.45. The van der Waals surface area contributed by atoms with E-state index in [1.54, 1.807) is 24.5 Å². The van der Waals surface area contributed by atoms with E-state index < -0.39 is 37.7 Å². The van der Waals surface area contributed by atoms with Crippen molar-refractivity contribution in [2.75, 3.05) is 38.9 Å². The van der Waals surface area contributed by atoms with Crippen molar-refractivity contribution in [2.45, 2.75) is 39.2 Å². The molecule has 3 aromatic rings. The molecule has 4 rings (SSSR count). The zero-order valence-corrected chi connectivity index (χ0v) is 25.0. The van der Waals surface area contributed by atoms with Crippen LogP contribution >= 0.6 is 7.60 Å². The predicted molar refractivity (Wildman–Crippen MR) is 157 cm³/mol. The van der Waals surface area contributed by atoms with Gasteiger partial charge in [-0.25, -0.2) is 19.4 Å². The Kier molecular flexibility index (Phi) is 10.6. The minimum Gasteiger partial charge on any atom is -0.449 e. The molecular formula is C28H36N7O7P. The SMILES string of the molecule is CCCCOC(=O)N1CCN(C(=O)[C@H](CCP(=O)(O)O)NC(=O)c2cc(-n3cc(C)cn3)nc(-c3ccccc3)n2)CC1. The molecule has 1 saturated heterocycles. The van der Waals surface area contributed by atoms with E-state index >= 15 is 0 Å². The largest absolute Gasteiger partial charge is 0.449 e. The molecule has 230 valence electrons. The summed E-state index contributed by atoms with van der Waals surface area (Å²) in [5, 5.41) is 6.91. The number of hydrogen-bond donors (Lipinski definition) is 3. The van der Waals surface area contributed by atoms with E-state index in [4.69, 9.17) is 4.74 Å². The van der Waals surface area contributed by atoms with Crippen molar-refractivity contribution >= 4 is 25.5 Å². The third-order valence-electron chi connectivity index (χ3n) is 6.81. The molecule has 1 aliphatic heterocycles. The first-order valence-electron chi connectivity index (χ1n) is 14.1. The summed E-state index contributed by atoms with van der Waals surface area (Å²) >= 11 is 0. The van der Waals surface area contributed by atoms with Crippen molar-refractivity contribution < 1.29 is 33.5 Å². The number of carbonyl (C=O) groups is 3. The third kappa shape index (κ3) is 8.93. The summed E-state index contributed by atoms with van der Waals surface area (Å²) in [5.74, 6) is -0.642. The predicted octanol–water partition coefficient (Wildman–Crippen LogP) is 2.38. The standard InChI is InChI=1S/C28H36N7O7P/c1-3-4-15-42-28(38)34-13-11-33(12-14-34)27(37)22(10-16-43(39,40)41)31-26(36)23-17-24(35-19-20(2)18-29-35)32-25(30-23)21-8-6-5-7-9-21/h5-9,17-19,22H,3-4,10-16H2,1-2H3,(H,31,36)(H2,39,40,41)/t22-/m0/s1. The van der Waals surface area contributed by atoms with Crippen molar-refractivity contribution in [3.63, 3.8) is 0 Å². The number of rotatable bonds is 11. The summed E-state index contributed by atoms with van der Waals surface area (Å²) in [7, 11) is -4.47. The summed E-state index contributed by atoms with van der Waals surface area (Å²) in [5.41, 5.74) is 1.48. The van der Waals surface area contributed by atoms with Crippen LogP contribution in [-0.4, -0.2) is 102 Å². The van der Waals surface area contributed by atoms with E-state index in [1.807, 2.05) is 32.0 Å². The summed E-state index contributed by atoms with van der Waals surface area (Å²) < 4.78 is 18.4. The van der Waals surface area contributed by atoms with Crippen LogP contribution < -0.4 is 5.32 Å². The lowest BCUT2D eigenvalue weighted by molar-refractivity contribution is -0.134. The molecule has 0 aliphatic carbocycles. The summed E-state index contributed by atoms with van der Waals surface area (Å²) in [6, 6.07) is 9.23. The lowest BCUT2D eigenvalue weighted by Gasteiger charge is -2.36. The van der Waals surface area contributed by atoms with Gasteiger partial charge in [-0.2, -0.15) is 5.10 Å². The Morgan fingerprint density at radius 3 is 2.40 bits per heavy atom. The second kappa shape index (κ2) is 14.4. The van der Waals surface area contributed by atoms with Gasteiger partial charge in [0.1, 0.15) is 11.7 Å². The molecule has 14 nitrogen and oxygen atoms in total. The van der Waals surface area contributed by atoms with E-state index in [0.29, 0.717) is 18.0 Å². The molecular weight excluding hydrogens is 577 g/mol. The average molecular weight is 614 g/mol. The van der Waals surface area contributed by atoms with Crippen LogP contribution in [0.3, 0.4) is 0 Å². The monoisotopic (exact) mass is 613 g/mol. The topological polar surface area (TPSA) is 180 Å². The number of piperazine rings is 1. The van der Waals surface area contributed by atoms with Crippen LogP contribution in [0.15, 0.2) is 48.8 Å². The van der Waals surface area contributed by atoms with E-state index in [9.17, 15) is 28.7 Å². The molecule has 3 N–H and O–H groups in total. The number of aryl methyl sites for hydroxylation is 1. The Hall–Kier alpha value is -4.13. The minimum absolute atomic E-state index is 0.0503. The van der Waals surface area contributed by atoms with Gasteiger partial charge < -0.3 is 29.6 Å². The fourth-order valence-electron chi connectivity index (χ4n) is 4.43. The van der Waals surface area contributed by atoms with Gasteiger partial charge in [0.05, 0.1) is 19.0 Å². The Balaban J connectivity index is 1.54. The van der Waals surface area contributed by atoms with Gasteiger partial charge in [-0.3, -0.25) is 14.2 Å². The lowest BCUT2D eigenvalue weighted by atomic mass is 10.1. The number of nitrogens with zero attached hydrogens (tertiary/aromatic N) is 6. The number of amides is 3. The molecule has 1 aliphatic rings. The van der Waals surface area contributed by atoms with Crippen LogP contribution in [0.5, 0.6) is 0 Å². The van der Waals surface area contributed by atoms with Crippen LogP contribution in [0.1, 0.15) is 42.2 Å². The van der Waals surface area contributed by atoms with Crippen LogP contribution in [-0.2, 0) is 14.1 Å². The van der Waals surface area contributed by atoms with Crippen molar-refractivity contribution in [1.82, 2.24) is 34.9 Å². The van der Waals surface area contributed by atoms with Crippen LogP contribution in [0.4, 0.5) is 4.79 Å². The highest BCUT2D eigenvalue weighted by atomic mass is 31.2. The Labute approximate surface area is 249 Å². The van der Waals surface area contributed by atoms with Gasteiger partial charge in [0, 0.05) is 44.0 Å². The molecule has 1 atom stereocenters. The highest BCUT2D eigenvalue weighted by molar-refractivity contribution is 7.51. The third-order valence-corrected chi connectivity index (χ3v) is 7.65. The summed E-state index contributed by atoms with van der Waals surface area (Å²) in [6.45, 7) is 5.00. The number of carbonyl (C=O) groups excluding carboxylic acids is 3. The molecule has 0 spiro atoms. The molecule has 0 radical (unpaired) electrons. The highest BCUT2D eigenvalue weighted by Gasteiger charge is 2.32. The van der Waals surface area contributed by atoms with Crippen molar-refractivity contribution in [3.05, 3.63) is 60.0 Å². The molecule has 3 amide bonds. The second-order valence-corrected chi connectivity index (χ2v) is 12.0. The fourth-order valence-corrected chi connectivity index (χ4v) is 5.03. The molecule has 0 saturated carbocycles. The van der Waals surface area contributed by atoms with Crippen molar-refractivity contribution in [3.8, 4) is 17.2 Å². The number of unbranched alkanes of at least 4 members (excludes halogenated alkanes) is 1. The molecule has 0 unspecified atom stereocenters. The van der Waals surface area contributed by atoms with Gasteiger partial charge in [0.2, 0.25) is 5.91 Å². The maximum Gasteiger partial charge on any atom is 0.409 e. The van der Waals surface area contributed by atoms with Gasteiger partial charge in [-0.1, -0.05) is 43.7 Å². The Morgan fingerprint density at radius 1 is 1.07 bits per heavy atom. The van der Waals surface area contributed by atoms with Gasteiger partial charge >= 0.3 is 13.7 Å². The van der Waals surface area contributed by atoms with Crippen LogP contribution in [0.2, 0.25) is 0 Å². The Bertz CT molecular complexity index is 1470.